The summed E-state index contributed by atoms with van der Waals surface area (Å²) in [4.78, 5) is 16.8. The lowest BCUT2D eigenvalue weighted by Gasteiger charge is -2.23. The quantitative estimate of drug-likeness (QED) is 0.875. The van der Waals surface area contributed by atoms with E-state index in [1.807, 2.05) is 0 Å². The largest absolute Gasteiger partial charge is 0.292 e. The minimum atomic E-state index is -3.56. The highest BCUT2D eigenvalue weighted by Gasteiger charge is 2.30. The third-order valence-electron chi connectivity index (χ3n) is 5.03. The summed E-state index contributed by atoms with van der Waals surface area (Å²) >= 11 is 1.70. The van der Waals surface area contributed by atoms with Gasteiger partial charge in [-0.25, -0.2) is 18.1 Å². The fraction of sp³-hybridized carbons (Fsp3) is 0.500. The average molecular weight is 380 g/mol. The first kappa shape index (κ1) is 16.9. The van der Waals surface area contributed by atoms with Crippen LogP contribution in [0.15, 0.2) is 28.0 Å². The minimum absolute atomic E-state index is 0.0659. The molecule has 0 spiro atoms. The second kappa shape index (κ2) is 6.30. The minimum Gasteiger partial charge on any atom is -0.292 e. The zero-order chi connectivity index (χ0) is 17.6. The van der Waals surface area contributed by atoms with Gasteiger partial charge in [0.1, 0.15) is 4.90 Å². The van der Waals surface area contributed by atoms with Crippen molar-refractivity contribution in [3.8, 4) is 5.82 Å². The van der Waals surface area contributed by atoms with E-state index in [-0.39, 0.29) is 16.5 Å². The molecule has 1 saturated carbocycles. The lowest BCUT2D eigenvalue weighted by Crippen LogP contribution is -2.35. The fourth-order valence-corrected chi connectivity index (χ4v) is 5.90. The second-order valence-electron chi connectivity index (χ2n) is 6.51. The van der Waals surface area contributed by atoms with Crippen LogP contribution in [0, 0.1) is 0 Å². The molecule has 3 heterocycles. The number of thioether (sulfide) groups is 1. The van der Waals surface area contributed by atoms with E-state index in [0.29, 0.717) is 11.6 Å². The van der Waals surface area contributed by atoms with Gasteiger partial charge in [-0.2, -0.15) is 16.1 Å². The van der Waals surface area contributed by atoms with Crippen LogP contribution in [0.5, 0.6) is 0 Å². The summed E-state index contributed by atoms with van der Waals surface area (Å²) in [6, 6.07) is 3.17. The fourth-order valence-electron chi connectivity index (χ4n) is 3.49. The molecular weight excluding hydrogens is 360 g/mol. The standard InChI is InChI=1S/C16H20N4O3S2/c1-19(11-4-2-3-5-11)25(22,23)12-6-7-15(17-8-12)20-16(21)13-9-24-10-14(13)18-20/h6-8,11,18H,2-5,9-10H2,1H3. The number of rotatable bonds is 4. The predicted octanol–water partition coefficient (Wildman–Crippen LogP) is 1.87. The van der Waals surface area contributed by atoms with Crippen molar-refractivity contribution in [3.05, 3.63) is 39.9 Å². The van der Waals surface area contributed by atoms with Gasteiger partial charge in [0.2, 0.25) is 10.0 Å². The summed E-state index contributed by atoms with van der Waals surface area (Å²) in [6.07, 6.45) is 5.29. The Labute approximate surface area is 150 Å². The van der Waals surface area contributed by atoms with E-state index in [1.54, 1.807) is 24.9 Å². The van der Waals surface area contributed by atoms with E-state index in [2.05, 4.69) is 10.1 Å². The molecule has 2 aromatic rings. The van der Waals surface area contributed by atoms with Crippen LogP contribution in [0.4, 0.5) is 0 Å². The number of hydrogen-bond acceptors (Lipinski definition) is 5. The smallest absolute Gasteiger partial charge is 0.276 e. The van der Waals surface area contributed by atoms with Gasteiger partial charge >= 0.3 is 0 Å². The van der Waals surface area contributed by atoms with Crippen molar-refractivity contribution < 1.29 is 8.42 Å². The average Bonchev–Trinajstić information content (AvgIpc) is 3.33. The number of H-pyrrole nitrogens is 1. The van der Waals surface area contributed by atoms with E-state index in [4.69, 9.17) is 0 Å². The zero-order valence-corrected chi connectivity index (χ0v) is 15.6. The summed E-state index contributed by atoms with van der Waals surface area (Å²) in [5, 5.41) is 3.06. The van der Waals surface area contributed by atoms with Crippen LogP contribution in [0.2, 0.25) is 0 Å². The molecule has 0 amide bonds. The van der Waals surface area contributed by atoms with Gasteiger partial charge in [-0.05, 0) is 25.0 Å². The van der Waals surface area contributed by atoms with E-state index < -0.39 is 10.0 Å². The topological polar surface area (TPSA) is 88.1 Å². The highest BCUT2D eigenvalue weighted by Crippen LogP contribution is 2.28. The number of nitrogens with one attached hydrogen (secondary N) is 1. The monoisotopic (exact) mass is 380 g/mol. The lowest BCUT2D eigenvalue weighted by atomic mass is 10.3. The Balaban J connectivity index is 1.63. The second-order valence-corrected chi connectivity index (χ2v) is 9.50. The summed E-state index contributed by atoms with van der Waals surface area (Å²) < 4.78 is 28.4. The molecule has 9 heteroatoms. The Morgan fingerprint density at radius 3 is 2.68 bits per heavy atom. The van der Waals surface area contributed by atoms with Gasteiger partial charge in [0.15, 0.2) is 5.82 Å². The van der Waals surface area contributed by atoms with Crippen molar-refractivity contribution in [2.45, 2.75) is 48.1 Å². The summed E-state index contributed by atoms with van der Waals surface area (Å²) in [7, 11) is -1.92. The summed E-state index contributed by atoms with van der Waals surface area (Å²) in [5.41, 5.74) is 1.60. The molecule has 4 rings (SSSR count). The molecule has 134 valence electrons. The van der Waals surface area contributed by atoms with Crippen LogP contribution in [0.1, 0.15) is 36.9 Å². The maximum Gasteiger partial charge on any atom is 0.276 e. The molecule has 0 aromatic carbocycles. The molecule has 1 N–H and O–H groups in total. The van der Waals surface area contributed by atoms with E-state index in [1.165, 1.54) is 21.3 Å². The van der Waals surface area contributed by atoms with E-state index in [0.717, 1.165) is 42.7 Å². The first-order valence-electron chi connectivity index (χ1n) is 8.33. The molecule has 1 aliphatic carbocycles. The van der Waals surface area contributed by atoms with Gasteiger partial charge in [-0.3, -0.25) is 9.89 Å². The summed E-state index contributed by atoms with van der Waals surface area (Å²) in [5.74, 6) is 1.90. The van der Waals surface area contributed by atoms with Crippen LogP contribution in [-0.2, 0) is 21.5 Å². The zero-order valence-electron chi connectivity index (χ0n) is 13.9. The van der Waals surface area contributed by atoms with Crippen molar-refractivity contribution in [2.24, 2.45) is 0 Å². The normalized spacial score (nSPS) is 18.2. The number of nitrogens with zero attached hydrogens (tertiary/aromatic N) is 3. The van der Waals surface area contributed by atoms with Crippen LogP contribution in [-0.4, -0.2) is 40.6 Å². The molecule has 0 bridgehead atoms. The van der Waals surface area contributed by atoms with Crippen molar-refractivity contribution >= 4 is 21.8 Å². The summed E-state index contributed by atoms with van der Waals surface area (Å²) in [6.45, 7) is 0. The molecule has 0 radical (unpaired) electrons. The number of hydrogen-bond donors (Lipinski definition) is 1. The van der Waals surface area contributed by atoms with Gasteiger partial charge in [0.05, 0.1) is 11.3 Å². The van der Waals surface area contributed by atoms with Gasteiger partial charge in [-0.1, -0.05) is 12.8 Å². The Hall–Kier alpha value is -1.58. The number of pyridine rings is 1. The van der Waals surface area contributed by atoms with Gasteiger partial charge in [0.25, 0.3) is 5.56 Å². The van der Waals surface area contributed by atoms with Gasteiger partial charge in [-0.15, -0.1) is 0 Å². The Morgan fingerprint density at radius 2 is 2.04 bits per heavy atom. The molecule has 1 aliphatic heterocycles. The van der Waals surface area contributed by atoms with Gasteiger partial charge < -0.3 is 0 Å². The predicted molar refractivity (Wildman–Crippen MR) is 96.4 cm³/mol. The van der Waals surface area contributed by atoms with E-state index in [9.17, 15) is 13.2 Å². The SMILES string of the molecule is CN(C1CCCC1)S(=O)(=O)c1ccc(-n2[nH]c3c(c2=O)CSC3)nc1. The molecule has 0 saturated heterocycles. The highest BCUT2D eigenvalue weighted by atomic mass is 32.2. The molecule has 7 nitrogen and oxygen atoms in total. The Bertz CT molecular complexity index is 941. The highest BCUT2D eigenvalue weighted by molar-refractivity contribution is 7.98. The number of aromatic amines is 1. The van der Waals surface area contributed by atoms with Crippen LogP contribution < -0.4 is 5.56 Å². The Kier molecular flexibility index (Phi) is 4.25. The van der Waals surface area contributed by atoms with Crippen LogP contribution in [0.25, 0.3) is 5.82 Å². The van der Waals surface area contributed by atoms with Gasteiger partial charge in [0, 0.05) is 30.8 Å². The van der Waals surface area contributed by atoms with Crippen LogP contribution >= 0.6 is 11.8 Å². The maximum absolute atomic E-state index is 12.8. The lowest BCUT2D eigenvalue weighted by molar-refractivity contribution is 0.373. The van der Waals surface area contributed by atoms with Crippen molar-refractivity contribution in [2.75, 3.05) is 7.05 Å². The molecule has 2 aromatic heterocycles. The number of aromatic nitrogens is 3. The number of fused-ring (bicyclic) bond motifs is 1. The van der Waals surface area contributed by atoms with Crippen molar-refractivity contribution in [1.29, 1.82) is 0 Å². The third kappa shape index (κ3) is 2.84. The van der Waals surface area contributed by atoms with E-state index >= 15 is 0 Å². The molecule has 2 aliphatic rings. The molecule has 0 unspecified atom stereocenters. The van der Waals surface area contributed by atoms with Crippen molar-refractivity contribution in [1.82, 2.24) is 19.1 Å². The molecule has 1 fully saturated rings. The van der Waals surface area contributed by atoms with Crippen LogP contribution in [0.3, 0.4) is 0 Å². The molecular formula is C16H20N4O3S2. The van der Waals surface area contributed by atoms with Crippen molar-refractivity contribution in [3.63, 3.8) is 0 Å². The number of sulfonamides is 1. The molecule has 25 heavy (non-hydrogen) atoms. The first-order valence-corrected chi connectivity index (χ1v) is 10.9. The third-order valence-corrected chi connectivity index (χ3v) is 7.91. The maximum atomic E-state index is 12.8. The first-order chi connectivity index (χ1) is 12.0. The Morgan fingerprint density at radius 1 is 1.28 bits per heavy atom. The molecule has 0 atom stereocenters.